The van der Waals surface area contributed by atoms with E-state index in [9.17, 15) is 0 Å². The van der Waals surface area contributed by atoms with E-state index in [1.807, 2.05) is 24.5 Å². The summed E-state index contributed by atoms with van der Waals surface area (Å²) in [6.45, 7) is 2.88. The van der Waals surface area contributed by atoms with Gasteiger partial charge in [-0.3, -0.25) is 9.88 Å². The van der Waals surface area contributed by atoms with Gasteiger partial charge >= 0.3 is 0 Å². The molecule has 2 heterocycles. The van der Waals surface area contributed by atoms with E-state index < -0.39 is 0 Å². The van der Waals surface area contributed by atoms with Crippen LogP contribution in [0.1, 0.15) is 17.0 Å². The molecule has 2 atom stereocenters. The van der Waals surface area contributed by atoms with Crippen LogP contribution in [0.2, 0.25) is 0 Å². The van der Waals surface area contributed by atoms with Gasteiger partial charge in [-0.25, -0.2) is 0 Å². The molecular weight excluding hydrogens is 412 g/mol. The first-order valence-corrected chi connectivity index (χ1v) is 11.4. The van der Waals surface area contributed by atoms with Gasteiger partial charge in [0.2, 0.25) is 0 Å². The van der Waals surface area contributed by atoms with Gasteiger partial charge in [-0.05, 0) is 35.5 Å². The highest BCUT2D eigenvalue weighted by Crippen LogP contribution is 2.29. The normalized spacial score (nSPS) is 18.5. The summed E-state index contributed by atoms with van der Waals surface area (Å²) < 4.78 is 0. The minimum atomic E-state index is 0.234. The predicted molar refractivity (Wildman–Crippen MR) is 136 cm³/mol. The topological polar surface area (TPSA) is 40.2 Å². The van der Waals surface area contributed by atoms with Gasteiger partial charge in [-0.1, -0.05) is 72.8 Å². The van der Waals surface area contributed by atoms with Gasteiger partial charge in [0, 0.05) is 60.4 Å². The fraction of sp³-hybridized carbons (Fsp3) is 0.185. The molecule has 0 saturated carbocycles. The van der Waals surface area contributed by atoms with E-state index in [2.05, 4.69) is 93.3 Å². The molecule has 32 heavy (non-hydrogen) atoms. The summed E-state index contributed by atoms with van der Waals surface area (Å²) in [5.74, 6) is 0.372. The van der Waals surface area contributed by atoms with Gasteiger partial charge in [-0.2, -0.15) is 0 Å². The standard InChI is InChI=1S/C27H26N4S/c32-27(29-25-13-7-12-22-16-28-15-14-23(22)25)30-26-19-31(17-20-8-3-1-4-9-20)18-24(26)21-10-5-2-6-11-21/h1-16,24,26H,17-19H2,(H2,29,30,32). The highest BCUT2D eigenvalue weighted by atomic mass is 32.1. The molecule has 1 saturated heterocycles. The van der Waals surface area contributed by atoms with Gasteiger partial charge in [0.05, 0.1) is 0 Å². The molecule has 1 aliphatic rings. The molecule has 0 bridgehead atoms. The maximum Gasteiger partial charge on any atom is 0.171 e. The zero-order chi connectivity index (χ0) is 21.8. The summed E-state index contributed by atoms with van der Waals surface area (Å²) in [4.78, 5) is 6.73. The van der Waals surface area contributed by atoms with Crippen molar-refractivity contribution in [3.05, 3.63) is 108 Å². The molecule has 0 spiro atoms. The molecule has 1 aromatic heterocycles. The number of nitrogens with one attached hydrogen (secondary N) is 2. The van der Waals surface area contributed by atoms with Crippen LogP contribution < -0.4 is 10.6 Å². The molecule has 2 unspecified atom stereocenters. The van der Waals surface area contributed by atoms with E-state index in [4.69, 9.17) is 12.2 Å². The Labute approximate surface area is 194 Å². The molecule has 1 aliphatic heterocycles. The third kappa shape index (κ3) is 4.64. The first-order chi connectivity index (χ1) is 15.8. The second-order valence-corrected chi connectivity index (χ2v) is 8.71. The Morgan fingerprint density at radius 1 is 0.906 bits per heavy atom. The second-order valence-electron chi connectivity index (χ2n) is 8.30. The minimum Gasteiger partial charge on any atom is -0.358 e. The summed E-state index contributed by atoms with van der Waals surface area (Å²) in [5.41, 5.74) is 3.68. The van der Waals surface area contributed by atoms with Gasteiger partial charge in [0.15, 0.2) is 5.11 Å². The van der Waals surface area contributed by atoms with Gasteiger partial charge < -0.3 is 10.6 Å². The number of hydrogen-bond acceptors (Lipinski definition) is 3. The number of likely N-dealkylation sites (tertiary alicyclic amines) is 1. The SMILES string of the molecule is S=C(Nc1cccc2cnccc12)NC1CN(Cc2ccccc2)CC1c1ccccc1. The van der Waals surface area contributed by atoms with Crippen LogP contribution in [0.4, 0.5) is 5.69 Å². The van der Waals surface area contributed by atoms with Crippen molar-refractivity contribution in [3.8, 4) is 0 Å². The first-order valence-electron chi connectivity index (χ1n) is 11.0. The number of thiocarbonyl (C=S) groups is 1. The molecule has 5 heteroatoms. The third-order valence-electron chi connectivity index (χ3n) is 6.12. The zero-order valence-electron chi connectivity index (χ0n) is 17.8. The molecule has 0 amide bonds. The van der Waals surface area contributed by atoms with Crippen LogP contribution in [0.15, 0.2) is 97.3 Å². The van der Waals surface area contributed by atoms with E-state index in [1.54, 1.807) is 0 Å². The zero-order valence-corrected chi connectivity index (χ0v) is 18.6. The number of benzene rings is 3. The first kappa shape index (κ1) is 20.6. The lowest BCUT2D eigenvalue weighted by Crippen LogP contribution is -2.42. The molecule has 160 valence electrons. The van der Waals surface area contributed by atoms with Crippen LogP contribution in [-0.4, -0.2) is 34.1 Å². The minimum absolute atomic E-state index is 0.234. The van der Waals surface area contributed by atoms with Crippen LogP contribution in [0.25, 0.3) is 10.8 Å². The van der Waals surface area contributed by atoms with Crippen molar-refractivity contribution < 1.29 is 0 Å². The summed E-state index contributed by atoms with van der Waals surface area (Å²) in [7, 11) is 0. The van der Waals surface area contributed by atoms with Crippen LogP contribution >= 0.6 is 12.2 Å². The summed E-state index contributed by atoms with van der Waals surface area (Å²) in [5, 5.41) is 9.91. The fourth-order valence-corrected chi connectivity index (χ4v) is 4.86. The number of fused-ring (bicyclic) bond motifs is 1. The lowest BCUT2D eigenvalue weighted by atomic mass is 9.94. The number of pyridine rings is 1. The number of aromatic nitrogens is 1. The lowest BCUT2D eigenvalue weighted by Gasteiger charge is -2.22. The Morgan fingerprint density at radius 2 is 1.69 bits per heavy atom. The van der Waals surface area contributed by atoms with Crippen molar-refractivity contribution in [1.29, 1.82) is 0 Å². The van der Waals surface area contributed by atoms with Crippen molar-refractivity contribution in [2.24, 2.45) is 0 Å². The fourth-order valence-electron chi connectivity index (χ4n) is 4.60. The highest BCUT2D eigenvalue weighted by molar-refractivity contribution is 7.80. The van der Waals surface area contributed by atoms with Gasteiger partial charge in [0.25, 0.3) is 0 Å². The molecule has 4 nitrogen and oxygen atoms in total. The van der Waals surface area contributed by atoms with E-state index >= 15 is 0 Å². The second kappa shape index (κ2) is 9.47. The molecule has 4 aromatic rings. The number of hydrogen-bond donors (Lipinski definition) is 2. The maximum atomic E-state index is 5.75. The predicted octanol–water partition coefficient (Wildman–Crippen LogP) is 5.19. The average Bonchev–Trinajstić information content (AvgIpc) is 3.22. The summed E-state index contributed by atoms with van der Waals surface area (Å²) >= 11 is 5.75. The Bertz CT molecular complexity index is 1190. The largest absolute Gasteiger partial charge is 0.358 e. The van der Waals surface area contributed by atoms with E-state index in [0.29, 0.717) is 11.0 Å². The van der Waals surface area contributed by atoms with Crippen LogP contribution in [-0.2, 0) is 6.54 Å². The monoisotopic (exact) mass is 438 g/mol. The van der Waals surface area contributed by atoms with Crippen molar-refractivity contribution in [2.45, 2.75) is 18.5 Å². The molecular formula is C27H26N4S. The smallest absolute Gasteiger partial charge is 0.171 e. The Kier molecular flexibility index (Phi) is 6.10. The third-order valence-corrected chi connectivity index (χ3v) is 6.34. The molecule has 1 fully saturated rings. The van der Waals surface area contributed by atoms with Crippen LogP contribution in [0, 0.1) is 0 Å². The Morgan fingerprint density at radius 3 is 2.50 bits per heavy atom. The molecule has 3 aromatic carbocycles. The van der Waals surface area contributed by atoms with Gasteiger partial charge in [-0.15, -0.1) is 0 Å². The Hall–Kier alpha value is -3.28. The van der Waals surface area contributed by atoms with E-state index in [-0.39, 0.29) is 6.04 Å². The molecule has 0 radical (unpaired) electrons. The maximum absolute atomic E-state index is 5.75. The van der Waals surface area contributed by atoms with Crippen molar-refractivity contribution in [3.63, 3.8) is 0 Å². The van der Waals surface area contributed by atoms with Crippen molar-refractivity contribution in [2.75, 3.05) is 18.4 Å². The van der Waals surface area contributed by atoms with Crippen LogP contribution in [0.3, 0.4) is 0 Å². The summed E-state index contributed by atoms with van der Waals surface area (Å²) in [6, 6.07) is 29.8. The number of nitrogens with zero attached hydrogens (tertiary/aromatic N) is 2. The lowest BCUT2D eigenvalue weighted by molar-refractivity contribution is 0.322. The molecule has 0 aliphatic carbocycles. The van der Waals surface area contributed by atoms with Crippen molar-refractivity contribution >= 4 is 33.8 Å². The van der Waals surface area contributed by atoms with Crippen molar-refractivity contribution in [1.82, 2.24) is 15.2 Å². The average molecular weight is 439 g/mol. The van der Waals surface area contributed by atoms with E-state index in [0.717, 1.165) is 36.1 Å². The summed E-state index contributed by atoms with van der Waals surface area (Å²) in [6.07, 6.45) is 3.69. The van der Waals surface area contributed by atoms with Gasteiger partial charge in [0.1, 0.15) is 0 Å². The van der Waals surface area contributed by atoms with Crippen LogP contribution in [0.5, 0.6) is 0 Å². The quantitative estimate of drug-likeness (QED) is 0.420. The molecule has 5 rings (SSSR count). The highest BCUT2D eigenvalue weighted by Gasteiger charge is 2.34. The number of anilines is 1. The Balaban J connectivity index is 1.33. The number of rotatable bonds is 5. The van der Waals surface area contributed by atoms with E-state index in [1.165, 1.54) is 11.1 Å². The molecule has 2 N–H and O–H groups in total.